The Hall–Kier alpha value is -3.18. The second-order valence-corrected chi connectivity index (χ2v) is 7.41. The molecule has 1 amide bonds. The lowest BCUT2D eigenvalue weighted by molar-refractivity contribution is -0.115. The van der Waals surface area contributed by atoms with Crippen molar-refractivity contribution < 1.29 is 4.79 Å². The third-order valence-corrected chi connectivity index (χ3v) is 4.99. The van der Waals surface area contributed by atoms with Gasteiger partial charge in [0, 0.05) is 5.69 Å². The highest BCUT2D eigenvalue weighted by Gasteiger charge is 2.20. The highest BCUT2D eigenvalue weighted by Crippen LogP contribution is 2.25. The smallest absolute Gasteiger partial charge is 0.237 e. The number of anilines is 1. The summed E-state index contributed by atoms with van der Waals surface area (Å²) in [6, 6.07) is 14.8. The van der Waals surface area contributed by atoms with Crippen molar-refractivity contribution in [3.8, 4) is 11.8 Å². The number of hydrogen-bond acceptors (Lipinski definition) is 6. The predicted molar refractivity (Wildman–Crippen MR) is 104 cm³/mol. The number of thioether (sulfide) groups is 1. The van der Waals surface area contributed by atoms with Gasteiger partial charge in [-0.05, 0) is 67.1 Å². The molecule has 0 bridgehead atoms. The average Bonchev–Trinajstić information content (AvgIpc) is 3.10. The number of tetrazole rings is 1. The summed E-state index contributed by atoms with van der Waals surface area (Å²) in [5.41, 5.74) is 4.28. The van der Waals surface area contributed by atoms with Gasteiger partial charge in [0.05, 0.1) is 22.6 Å². The standard InChI is InChI=1S/C19H18N6OS/c1-12-4-9-17(13(2)10-12)25-19(22-23-24-25)27-14(3)18(26)21-16-7-5-15(11-20)6-8-16/h4-10,14H,1-3H3,(H,21,26). The second-order valence-electron chi connectivity index (χ2n) is 6.10. The van der Waals surface area contributed by atoms with Crippen molar-refractivity contribution in [2.75, 3.05) is 5.32 Å². The number of amides is 1. The maximum absolute atomic E-state index is 12.5. The number of aromatic nitrogens is 4. The van der Waals surface area contributed by atoms with Crippen LogP contribution in [0.1, 0.15) is 23.6 Å². The number of nitrogens with one attached hydrogen (secondary N) is 1. The molecule has 8 heteroatoms. The first-order valence-corrected chi connectivity index (χ1v) is 9.19. The third-order valence-electron chi connectivity index (χ3n) is 3.95. The molecule has 1 aromatic heterocycles. The van der Waals surface area contributed by atoms with Gasteiger partial charge in [0.15, 0.2) is 0 Å². The van der Waals surface area contributed by atoms with Gasteiger partial charge in [-0.1, -0.05) is 29.5 Å². The molecule has 1 heterocycles. The molecule has 0 spiro atoms. The molecule has 1 atom stereocenters. The van der Waals surface area contributed by atoms with Crippen LogP contribution >= 0.6 is 11.8 Å². The summed E-state index contributed by atoms with van der Waals surface area (Å²) in [4.78, 5) is 12.5. The quantitative estimate of drug-likeness (QED) is 0.685. The fourth-order valence-electron chi connectivity index (χ4n) is 2.53. The molecule has 0 aliphatic carbocycles. The largest absolute Gasteiger partial charge is 0.325 e. The van der Waals surface area contributed by atoms with E-state index in [2.05, 4.69) is 26.9 Å². The van der Waals surface area contributed by atoms with Crippen molar-refractivity contribution in [1.82, 2.24) is 20.2 Å². The van der Waals surface area contributed by atoms with E-state index in [1.165, 1.54) is 11.8 Å². The van der Waals surface area contributed by atoms with Crippen LogP contribution in [0.3, 0.4) is 0 Å². The summed E-state index contributed by atoms with van der Waals surface area (Å²) in [5.74, 6) is -0.167. The molecule has 0 fully saturated rings. The summed E-state index contributed by atoms with van der Waals surface area (Å²) in [6.07, 6.45) is 0. The number of hydrogen-bond donors (Lipinski definition) is 1. The summed E-state index contributed by atoms with van der Waals surface area (Å²) in [7, 11) is 0. The van der Waals surface area contributed by atoms with Crippen LogP contribution in [0.15, 0.2) is 47.6 Å². The van der Waals surface area contributed by atoms with E-state index >= 15 is 0 Å². The van der Waals surface area contributed by atoms with Crippen molar-refractivity contribution >= 4 is 23.4 Å². The van der Waals surface area contributed by atoms with Crippen LogP contribution in [0, 0.1) is 25.2 Å². The van der Waals surface area contributed by atoms with Gasteiger partial charge in [0.25, 0.3) is 0 Å². The molecule has 3 rings (SSSR count). The van der Waals surface area contributed by atoms with E-state index < -0.39 is 5.25 Å². The van der Waals surface area contributed by atoms with E-state index in [1.807, 2.05) is 32.0 Å². The third kappa shape index (κ3) is 4.33. The molecular formula is C19H18N6OS. The molecule has 0 saturated carbocycles. The van der Waals surface area contributed by atoms with Gasteiger partial charge >= 0.3 is 0 Å². The lowest BCUT2D eigenvalue weighted by Crippen LogP contribution is -2.23. The minimum atomic E-state index is -0.406. The minimum Gasteiger partial charge on any atom is -0.325 e. The van der Waals surface area contributed by atoms with E-state index in [9.17, 15) is 4.79 Å². The first-order valence-electron chi connectivity index (χ1n) is 8.31. The van der Waals surface area contributed by atoms with Crippen molar-refractivity contribution in [1.29, 1.82) is 5.26 Å². The van der Waals surface area contributed by atoms with Crippen molar-refractivity contribution in [3.63, 3.8) is 0 Å². The first kappa shape index (κ1) is 18.6. The average molecular weight is 378 g/mol. The van der Waals surface area contributed by atoms with Gasteiger partial charge in [-0.15, -0.1) is 5.10 Å². The number of rotatable bonds is 5. The van der Waals surface area contributed by atoms with Gasteiger partial charge in [0.2, 0.25) is 11.1 Å². The maximum atomic E-state index is 12.5. The molecule has 2 aromatic carbocycles. The zero-order chi connectivity index (χ0) is 19.4. The van der Waals surface area contributed by atoms with Crippen molar-refractivity contribution in [3.05, 3.63) is 59.2 Å². The maximum Gasteiger partial charge on any atom is 0.237 e. The Bertz CT molecular complexity index is 1010. The highest BCUT2D eigenvalue weighted by molar-refractivity contribution is 8.00. The van der Waals surface area contributed by atoms with Crippen LogP contribution in [-0.4, -0.2) is 31.4 Å². The number of aryl methyl sites for hydroxylation is 2. The summed E-state index contributed by atoms with van der Waals surface area (Å²) in [6.45, 7) is 5.83. The van der Waals surface area contributed by atoms with Crippen LogP contribution in [0.2, 0.25) is 0 Å². The van der Waals surface area contributed by atoms with E-state index in [0.717, 1.165) is 16.8 Å². The van der Waals surface area contributed by atoms with E-state index in [-0.39, 0.29) is 5.91 Å². The van der Waals surface area contributed by atoms with Crippen molar-refractivity contribution in [2.45, 2.75) is 31.2 Å². The predicted octanol–water partition coefficient (Wildman–Crippen LogP) is 3.27. The first-order chi connectivity index (χ1) is 13.0. The SMILES string of the molecule is Cc1ccc(-n2nnnc2SC(C)C(=O)Nc2ccc(C#N)cc2)c(C)c1. The summed E-state index contributed by atoms with van der Waals surface area (Å²) in [5, 5.41) is 23.7. The fourth-order valence-corrected chi connectivity index (χ4v) is 3.33. The Morgan fingerprint density at radius 2 is 1.96 bits per heavy atom. The summed E-state index contributed by atoms with van der Waals surface area (Å²) >= 11 is 1.28. The number of nitrogens with zero attached hydrogens (tertiary/aromatic N) is 5. The zero-order valence-electron chi connectivity index (χ0n) is 15.2. The van der Waals surface area contributed by atoms with Crippen LogP contribution in [0.25, 0.3) is 5.69 Å². The Morgan fingerprint density at radius 1 is 1.22 bits per heavy atom. The van der Waals surface area contributed by atoms with E-state index in [0.29, 0.717) is 16.4 Å². The number of carbonyl (C=O) groups excluding carboxylic acids is 1. The second kappa shape index (κ2) is 8.01. The molecule has 3 aromatic rings. The minimum absolute atomic E-state index is 0.167. The lowest BCUT2D eigenvalue weighted by Gasteiger charge is -2.13. The van der Waals surface area contributed by atoms with Gasteiger partial charge in [-0.3, -0.25) is 4.79 Å². The highest BCUT2D eigenvalue weighted by atomic mass is 32.2. The Kier molecular flexibility index (Phi) is 5.52. The molecule has 1 N–H and O–H groups in total. The van der Waals surface area contributed by atoms with Gasteiger partial charge in [0.1, 0.15) is 0 Å². The topological polar surface area (TPSA) is 96.5 Å². The van der Waals surface area contributed by atoms with E-state index in [1.54, 1.807) is 35.9 Å². The lowest BCUT2D eigenvalue weighted by atomic mass is 10.1. The Balaban J connectivity index is 1.72. The molecule has 0 aliphatic rings. The fraction of sp³-hybridized carbons (Fsp3) is 0.211. The Labute approximate surface area is 161 Å². The van der Waals surface area contributed by atoms with Crippen LogP contribution < -0.4 is 5.32 Å². The van der Waals surface area contributed by atoms with Gasteiger partial charge < -0.3 is 5.32 Å². The van der Waals surface area contributed by atoms with Gasteiger partial charge in [-0.25, -0.2) is 0 Å². The number of carbonyl (C=O) groups is 1. The molecule has 1 unspecified atom stereocenters. The Morgan fingerprint density at radius 3 is 2.63 bits per heavy atom. The molecule has 0 radical (unpaired) electrons. The van der Waals surface area contributed by atoms with Gasteiger partial charge in [-0.2, -0.15) is 9.94 Å². The van der Waals surface area contributed by atoms with Crippen molar-refractivity contribution in [2.24, 2.45) is 0 Å². The monoisotopic (exact) mass is 378 g/mol. The van der Waals surface area contributed by atoms with E-state index in [4.69, 9.17) is 5.26 Å². The molecule has 7 nitrogen and oxygen atoms in total. The van der Waals surface area contributed by atoms with Crippen LogP contribution in [0.5, 0.6) is 0 Å². The normalized spacial score (nSPS) is 11.6. The molecular weight excluding hydrogens is 360 g/mol. The molecule has 27 heavy (non-hydrogen) atoms. The van der Waals surface area contributed by atoms with Crippen LogP contribution in [-0.2, 0) is 4.79 Å². The number of benzene rings is 2. The molecule has 0 saturated heterocycles. The number of nitriles is 1. The summed E-state index contributed by atoms with van der Waals surface area (Å²) < 4.78 is 1.64. The molecule has 0 aliphatic heterocycles. The molecule has 136 valence electrons. The zero-order valence-corrected chi connectivity index (χ0v) is 16.0. The van der Waals surface area contributed by atoms with Crippen LogP contribution in [0.4, 0.5) is 5.69 Å².